The fourth-order valence-electron chi connectivity index (χ4n) is 1.66. The maximum absolute atomic E-state index is 6.27. The van der Waals surface area contributed by atoms with Gasteiger partial charge in [0.15, 0.2) is 0 Å². The van der Waals surface area contributed by atoms with E-state index in [0.717, 1.165) is 27.5 Å². The Morgan fingerprint density at radius 3 is 2.38 bits per heavy atom. The second-order valence-electron chi connectivity index (χ2n) is 4.05. The first-order valence-electron chi connectivity index (χ1n) is 5.04. The van der Waals surface area contributed by atoms with Crippen molar-refractivity contribution in [2.75, 3.05) is 21.2 Å². The smallest absolute Gasteiger partial charge is 0.125 e. The van der Waals surface area contributed by atoms with E-state index >= 15 is 0 Å². The standard InChI is InChI=1S/C12H17BrClNO/c1-7-6-9(16-5)10(8(2)11(7)14)12(13)15(3)4/h6,12H,1-5H3. The molecular weight excluding hydrogens is 289 g/mol. The predicted octanol–water partition coefficient (Wildman–Crippen LogP) is 3.92. The summed E-state index contributed by atoms with van der Waals surface area (Å²) in [5.74, 6) is 0.870. The molecule has 0 radical (unpaired) electrons. The molecule has 1 rings (SSSR count). The van der Waals surface area contributed by atoms with Gasteiger partial charge in [-0.25, -0.2) is 0 Å². The third-order valence-corrected chi connectivity index (χ3v) is 4.46. The monoisotopic (exact) mass is 305 g/mol. The summed E-state index contributed by atoms with van der Waals surface area (Å²) in [6, 6.07) is 1.97. The maximum atomic E-state index is 6.27. The van der Waals surface area contributed by atoms with Crippen molar-refractivity contribution in [3.8, 4) is 5.75 Å². The van der Waals surface area contributed by atoms with E-state index in [9.17, 15) is 0 Å². The molecule has 1 aromatic rings. The number of benzene rings is 1. The van der Waals surface area contributed by atoms with Crippen molar-refractivity contribution in [3.05, 3.63) is 27.8 Å². The number of hydrogen-bond acceptors (Lipinski definition) is 2. The fraction of sp³-hybridized carbons (Fsp3) is 0.500. The second kappa shape index (κ2) is 5.39. The van der Waals surface area contributed by atoms with Crippen molar-refractivity contribution in [2.24, 2.45) is 0 Å². The third-order valence-electron chi connectivity index (χ3n) is 2.60. The lowest BCUT2D eigenvalue weighted by molar-refractivity contribution is 0.368. The Hall–Kier alpha value is -0.250. The Labute approximate surface area is 111 Å². The van der Waals surface area contributed by atoms with E-state index in [4.69, 9.17) is 16.3 Å². The van der Waals surface area contributed by atoms with E-state index in [1.807, 2.05) is 34.0 Å². The van der Waals surface area contributed by atoms with Crippen LogP contribution in [0.25, 0.3) is 0 Å². The van der Waals surface area contributed by atoms with Crippen molar-refractivity contribution in [1.82, 2.24) is 4.90 Å². The Bertz CT molecular complexity index is 393. The van der Waals surface area contributed by atoms with Crippen LogP contribution < -0.4 is 4.74 Å². The fourth-order valence-corrected chi connectivity index (χ4v) is 2.39. The van der Waals surface area contributed by atoms with E-state index in [1.165, 1.54) is 0 Å². The quantitative estimate of drug-likeness (QED) is 0.620. The van der Waals surface area contributed by atoms with Gasteiger partial charge in [-0.2, -0.15) is 0 Å². The molecule has 1 unspecified atom stereocenters. The van der Waals surface area contributed by atoms with Gasteiger partial charge in [0.1, 0.15) is 5.75 Å². The molecule has 90 valence electrons. The molecule has 0 aliphatic carbocycles. The van der Waals surface area contributed by atoms with Gasteiger partial charge < -0.3 is 4.74 Å². The van der Waals surface area contributed by atoms with Gasteiger partial charge in [0.25, 0.3) is 0 Å². The molecule has 1 atom stereocenters. The van der Waals surface area contributed by atoms with Gasteiger partial charge >= 0.3 is 0 Å². The summed E-state index contributed by atoms with van der Waals surface area (Å²) >= 11 is 9.90. The zero-order chi connectivity index (χ0) is 12.5. The van der Waals surface area contributed by atoms with E-state index in [1.54, 1.807) is 7.11 Å². The van der Waals surface area contributed by atoms with Crippen molar-refractivity contribution in [1.29, 1.82) is 0 Å². The van der Waals surface area contributed by atoms with Crippen LogP contribution in [0, 0.1) is 13.8 Å². The van der Waals surface area contributed by atoms with Crippen LogP contribution in [0.1, 0.15) is 21.6 Å². The highest BCUT2D eigenvalue weighted by molar-refractivity contribution is 9.09. The number of aryl methyl sites for hydroxylation is 1. The van der Waals surface area contributed by atoms with Crippen LogP contribution >= 0.6 is 27.5 Å². The molecule has 1 aromatic carbocycles. The first-order chi connectivity index (χ1) is 7.40. The van der Waals surface area contributed by atoms with Gasteiger partial charge in [0.2, 0.25) is 0 Å². The average molecular weight is 307 g/mol. The average Bonchev–Trinajstić information content (AvgIpc) is 2.24. The molecule has 0 bridgehead atoms. The minimum absolute atomic E-state index is 0.0977. The third kappa shape index (κ3) is 2.53. The Morgan fingerprint density at radius 1 is 1.38 bits per heavy atom. The summed E-state index contributed by atoms with van der Waals surface area (Å²) in [7, 11) is 5.69. The van der Waals surface area contributed by atoms with Crippen LogP contribution in [0.15, 0.2) is 6.07 Å². The summed E-state index contributed by atoms with van der Waals surface area (Å²) < 4.78 is 5.42. The molecule has 0 aromatic heterocycles. The van der Waals surface area contributed by atoms with Crippen LogP contribution in [-0.4, -0.2) is 26.1 Å². The van der Waals surface area contributed by atoms with E-state index in [-0.39, 0.29) is 4.95 Å². The molecule has 0 aliphatic rings. The van der Waals surface area contributed by atoms with Crippen molar-refractivity contribution >= 4 is 27.5 Å². The number of hydrogen-bond donors (Lipinski definition) is 0. The van der Waals surface area contributed by atoms with Crippen LogP contribution in [0.3, 0.4) is 0 Å². The first-order valence-corrected chi connectivity index (χ1v) is 6.33. The van der Waals surface area contributed by atoms with E-state index in [2.05, 4.69) is 20.8 Å². The minimum Gasteiger partial charge on any atom is -0.496 e. The molecule has 0 amide bonds. The van der Waals surface area contributed by atoms with Gasteiger partial charge in [-0.3, -0.25) is 4.90 Å². The molecule has 16 heavy (non-hydrogen) atoms. The number of nitrogens with zero attached hydrogens (tertiary/aromatic N) is 1. The van der Waals surface area contributed by atoms with Crippen LogP contribution in [-0.2, 0) is 0 Å². The van der Waals surface area contributed by atoms with Gasteiger partial charge in [0.05, 0.1) is 12.1 Å². The largest absolute Gasteiger partial charge is 0.496 e. The summed E-state index contributed by atoms with van der Waals surface area (Å²) in [4.78, 5) is 2.16. The lowest BCUT2D eigenvalue weighted by Crippen LogP contribution is -2.16. The Morgan fingerprint density at radius 2 is 1.94 bits per heavy atom. The van der Waals surface area contributed by atoms with E-state index < -0.39 is 0 Å². The number of rotatable bonds is 3. The number of methoxy groups -OCH3 is 1. The topological polar surface area (TPSA) is 12.5 Å². The summed E-state index contributed by atoms with van der Waals surface area (Å²) in [5, 5.41) is 0.808. The molecule has 0 saturated heterocycles. The molecule has 2 nitrogen and oxygen atoms in total. The van der Waals surface area contributed by atoms with Crippen molar-refractivity contribution < 1.29 is 4.74 Å². The molecule has 0 N–H and O–H groups in total. The predicted molar refractivity (Wildman–Crippen MR) is 72.8 cm³/mol. The number of alkyl halides is 1. The normalized spacial score (nSPS) is 13.0. The first kappa shape index (κ1) is 13.8. The molecule has 0 heterocycles. The molecule has 0 spiro atoms. The second-order valence-corrected chi connectivity index (χ2v) is 5.29. The summed E-state index contributed by atoms with van der Waals surface area (Å²) in [5.41, 5.74) is 3.19. The lowest BCUT2D eigenvalue weighted by atomic mass is 10.0. The molecule has 0 saturated carbocycles. The lowest BCUT2D eigenvalue weighted by Gasteiger charge is -2.24. The van der Waals surface area contributed by atoms with Crippen molar-refractivity contribution in [3.63, 3.8) is 0 Å². The molecule has 0 fully saturated rings. The molecule has 0 aliphatic heterocycles. The van der Waals surface area contributed by atoms with Gasteiger partial charge in [-0.05, 0) is 45.1 Å². The highest BCUT2D eigenvalue weighted by Crippen LogP contribution is 2.39. The SMILES string of the molecule is COc1cc(C)c(Cl)c(C)c1C(Br)N(C)C. The minimum atomic E-state index is 0.0977. The number of halogens is 2. The zero-order valence-electron chi connectivity index (χ0n) is 10.3. The maximum Gasteiger partial charge on any atom is 0.125 e. The van der Waals surface area contributed by atoms with Gasteiger partial charge in [0, 0.05) is 10.6 Å². The van der Waals surface area contributed by atoms with Crippen molar-refractivity contribution in [2.45, 2.75) is 18.8 Å². The highest BCUT2D eigenvalue weighted by Gasteiger charge is 2.20. The Balaban J connectivity index is 3.41. The summed E-state index contributed by atoms with van der Waals surface area (Å²) in [6.45, 7) is 4.01. The zero-order valence-corrected chi connectivity index (χ0v) is 12.6. The highest BCUT2D eigenvalue weighted by atomic mass is 79.9. The van der Waals surface area contributed by atoms with Crippen LogP contribution in [0.5, 0.6) is 5.75 Å². The Kier molecular flexibility index (Phi) is 4.65. The molecule has 4 heteroatoms. The summed E-state index contributed by atoms with van der Waals surface area (Å²) in [6.07, 6.45) is 0. The van der Waals surface area contributed by atoms with Crippen LogP contribution in [0.2, 0.25) is 5.02 Å². The van der Waals surface area contributed by atoms with Gasteiger partial charge in [-0.1, -0.05) is 27.5 Å². The number of ether oxygens (including phenoxy) is 1. The van der Waals surface area contributed by atoms with Gasteiger partial charge in [-0.15, -0.1) is 0 Å². The van der Waals surface area contributed by atoms with E-state index in [0.29, 0.717) is 0 Å². The molecular formula is C12H17BrClNO. The van der Waals surface area contributed by atoms with Crippen LogP contribution in [0.4, 0.5) is 0 Å².